The summed E-state index contributed by atoms with van der Waals surface area (Å²) in [4.78, 5) is 12.5. The molecule has 0 radical (unpaired) electrons. The molecule has 0 spiro atoms. The maximum atomic E-state index is 9.46. The van der Waals surface area contributed by atoms with E-state index in [9.17, 15) is 5.11 Å². The topological polar surface area (TPSA) is 49.2 Å². The number of aliphatic hydroxyl groups excluding tert-OH is 1. The number of likely N-dealkylation sites (N-methyl/N-ethyl adjacent to an activating group) is 1. The molecule has 98 valence electrons. The first kappa shape index (κ1) is 13.5. The van der Waals surface area contributed by atoms with Gasteiger partial charge in [-0.15, -0.1) is 11.3 Å². The fraction of sp³-hybridized carbons (Fsp3) is 0.500. The van der Waals surface area contributed by atoms with Gasteiger partial charge in [-0.05, 0) is 38.4 Å². The first-order chi connectivity index (χ1) is 8.35. The molecule has 2 aromatic rings. The Morgan fingerprint density at radius 1 is 1.44 bits per heavy atom. The minimum Gasteiger partial charge on any atom is -0.394 e. The molecule has 1 N–H and O–H groups in total. The highest BCUT2D eigenvalue weighted by Gasteiger charge is 2.26. The molecule has 0 amide bonds. The number of fused-ring (bicyclic) bond motifs is 1. The first-order valence-electron chi connectivity index (χ1n) is 5.63. The van der Waals surface area contributed by atoms with Crippen molar-refractivity contribution in [3.63, 3.8) is 0 Å². The monoisotopic (exact) mass is 285 g/mol. The molecule has 2 rings (SSSR count). The second-order valence-electron chi connectivity index (χ2n) is 4.92. The summed E-state index contributed by atoms with van der Waals surface area (Å²) in [5, 5.41) is 10.7. The third-order valence-electron chi connectivity index (χ3n) is 3.08. The molecule has 2 heterocycles. The molecule has 0 atom stereocenters. The quantitative estimate of drug-likeness (QED) is 0.881. The van der Waals surface area contributed by atoms with Crippen LogP contribution in [0.1, 0.15) is 18.7 Å². The minimum atomic E-state index is -0.402. The standard InChI is InChI=1S/C12H16ClN3OS/c1-7-5-8-9(16(4)12(2,3)6-17)14-11(13)15-10(8)18-7/h5,17H,6H2,1-4H3. The number of nitrogens with zero attached hydrogens (tertiary/aromatic N) is 3. The van der Waals surface area contributed by atoms with E-state index in [4.69, 9.17) is 11.6 Å². The largest absolute Gasteiger partial charge is 0.394 e. The van der Waals surface area contributed by atoms with Crippen LogP contribution in [0.15, 0.2) is 6.07 Å². The van der Waals surface area contributed by atoms with E-state index in [2.05, 4.69) is 16.0 Å². The van der Waals surface area contributed by atoms with Crippen LogP contribution in [0.25, 0.3) is 10.2 Å². The number of anilines is 1. The van der Waals surface area contributed by atoms with Crippen molar-refractivity contribution in [3.05, 3.63) is 16.2 Å². The summed E-state index contributed by atoms with van der Waals surface area (Å²) in [6.45, 7) is 5.97. The van der Waals surface area contributed by atoms with E-state index in [-0.39, 0.29) is 11.9 Å². The SMILES string of the molecule is Cc1cc2c(N(C)C(C)(C)CO)nc(Cl)nc2s1. The fourth-order valence-corrected chi connectivity index (χ4v) is 2.74. The van der Waals surface area contributed by atoms with Crippen LogP contribution in [0.3, 0.4) is 0 Å². The average molecular weight is 286 g/mol. The van der Waals surface area contributed by atoms with E-state index in [1.807, 2.05) is 32.7 Å². The van der Waals surface area contributed by atoms with E-state index in [0.29, 0.717) is 0 Å². The van der Waals surface area contributed by atoms with Crippen molar-refractivity contribution in [2.75, 3.05) is 18.6 Å². The molecule has 6 heteroatoms. The number of thiophene rings is 1. The van der Waals surface area contributed by atoms with E-state index < -0.39 is 5.54 Å². The van der Waals surface area contributed by atoms with Gasteiger partial charge in [-0.3, -0.25) is 0 Å². The minimum absolute atomic E-state index is 0.0374. The second kappa shape index (κ2) is 4.64. The zero-order valence-electron chi connectivity index (χ0n) is 10.9. The Labute approximate surface area is 115 Å². The summed E-state index contributed by atoms with van der Waals surface area (Å²) in [5.74, 6) is 0.758. The number of hydrogen-bond donors (Lipinski definition) is 1. The maximum Gasteiger partial charge on any atom is 0.225 e. The molecule has 0 aromatic carbocycles. The zero-order chi connectivity index (χ0) is 13.5. The predicted molar refractivity (Wildman–Crippen MR) is 76.7 cm³/mol. The predicted octanol–water partition coefficient (Wildman–Crippen LogP) is 2.86. The molecule has 0 aliphatic rings. The van der Waals surface area contributed by atoms with Crippen molar-refractivity contribution >= 4 is 39.0 Å². The van der Waals surface area contributed by atoms with Crippen LogP contribution in [0.4, 0.5) is 5.82 Å². The Kier molecular flexibility index (Phi) is 3.49. The van der Waals surface area contributed by atoms with Crippen LogP contribution >= 0.6 is 22.9 Å². The Bertz CT molecular complexity index is 582. The lowest BCUT2D eigenvalue weighted by Crippen LogP contribution is -2.44. The summed E-state index contributed by atoms with van der Waals surface area (Å²) in [6.07, 6.45) is 0. The van der Waals surface area contributed by atoms with E-state index in [0.717, 1.165) is 20.9 Å². The average Bonchev–Trinajstić information content (AvgIpc) is 2.67. The zero-order valence-corrected chi connectivity index (χ0v) is 12.4. The summed E-state index contributed by atoms with van der Waals surface area (Å²) < 4.78 is 0. The van der Waals surface area contributed by atoms with Gasteiger partial charge >= 0.3 is 0 Å². The maximum absolute atomic E-state index is 9.46. The highest BCUT2D eigenvalue weighted by atomic mass is 35.5. The summed E-state index contributed by atoms with van der Waals surface area (Å²) >= 11 is 7.56. The van der Waals surface area contributed by atoms with E-state index in [1.54, 1.807) is 11.3 Å². The Hall–Kier alpha value is -0.910. The van der Waals surface area contributed by atoms with Gasteiger partial charge in [-0.1, -0.05) is 0 Å². The van der Waals surface area contributed by atoms with Crippen LogP contribution < -0.4 is 4.90 Å². The number of rotatable bonds is 3. The fourth-order valence-electron chi connectivity index (χ4n) is 1.65. The molecule has 0 saturated carbocycles. The van der Waals surface area contributed by atoms with Crippen molar-refractivity contribution < 1.29 is 5.11 Å². The van der Waals surface area contributed by atoms with Crippen LogP contribution in [0.5, 0.6) is 0 Å². The highest BCUT2D eigenvalue weighted by Crippen LogP contribution is 2.33. The number of aliphatic hydroxyl groups is 1. The smallest absolute Gasteiger partial charge is 0.225 e. The number of aryl methyl sites for hydroxylation is 1. The summed E-state index contributed by atoms with van der Waals surface area (Å²) in [6, 6.07) is 2.05. The molecular formula is C12H16ClN3OS. The number of hydrogen-bond acceptors (Lipinski definition) is 5. The van der Waals surface area contributed by atoms with Crippen molar-refractivity contribution in [2.24, 2.45) is 0 Å². The van der Waals surface area contributed by atoms with Gasteiger partial charge in [0.2, 0.25) is 5.28 Å². The van der Waals surface area contributed by atoms with E-state index in [1.165, 1.54) is 0 Å². The molecular weight excluding hydrogens is 270 g/mol. The number of aromatic nitrogens is 2. The van der Waals surface area contributed by atoms with Crippen molar-refractivity contribution in [1.29, 1.82) is 0 Å². The molecule has 0 aliphatic carbocycles. The van der Waals surface area contributed by atoms with Crippen molar-refractivity contribution in [3.8, 4) is 0 Å². The second-order valence-corrected chi connectivity index (χ2v) is 6.49. The third-order valence-corrected chi connectivity index (χ3v) is 4.19. The molecule has 0 saturated heterocycles. The molecule has 0 unspecified atom stereocenters. The van der Waals surface area contributed by atoms with Crippen LogP contribution in [-0.4, -0.2) is 34.3 Å². The van der Waals surface area contributed by atoms with Gasteiger partial charge in [0.25, 0.3) is 0 Å². The van der Waals surface area contributed by atoms with Gasteiger partial charge in [-0.2, -0.15) is 4.98 Å². The van der Waals surface area contributed by atoms with E-state index >= 15 is 0 Å². The lowest BCUT2D eigenvalue weighted by molar-refractivity contribution is 0.216. The summed E-state index contributed by atoms with van der Waals surface area (Å²) in [5.41, 5.74) is -0.402. The van der Waals surface area contributed by atoms with Gasteiger partial charge in [0, 0.05) is 11.9 Å². The van der Waals surface area contributed by atoms with Gasteiger partial charge < -0.3 is 10.0 Å². The van der Waals surface area contributed by atoms with Gasteiger partial charge in [-0.25, -0.2) is 4.98 Å². The normalized spacial score (nSPS) is 12.1. The summed E-state index contributed by atoms with van der Waals surface area (Å²) in [7, 11) is 1.90. The van der Waals surface area contributed by atoms with Gasteiger partial charge in [0.1, 0.15) is 10.6 Å². The molecule has 0 bridgehead atoms. The third kappa shape index (κ3) is 2.30. The number of halogens is 1. The van der Waals surface area contributed by atoms with Crippen molar-refractivity contribution in [2.45, 2.75) is 26.3 Å². The first-order valence-corrected chi connectivity index (χ1v) is 6.83. The van der Waals surface area contributed by atoms with Crippen LogP contribution in [-0.2, 0) is 0 Å². The molecule has 4 nitrogen and oxygen atoms in total. The Morgan fingerprint density at radius 3 is 2.72 bits per heavy atom. The lowest BCUT2D eigenvalue weighted by Gasteiger charge is -2.35. The lowest BCUT2D eigenvalue weighted by atomic mass is 10.1. The van der Waals surface area contributed by atoms with Crippen molar-refractivity contribution in [1.82, 2.24) is 9.97 Å². The van der Waals surface area contributed by atoms with Gasteiger partial charge in [0.05, 0.1) is 17.5 Å². The molecule has 18 heavy (non-hydrogen) atoms. The van der Waals surface area contributed by atoms with Crippen LogP contribution in [0.2, 0.25) is 5.28 Å². The van der Waals surface area contributed by atoms with Gasteiger partial charge in [0.15, 0.2) is 0 Å². The Morgan fingerprint density at radius 2 is 2.11 bits per heavy atom. The molecule has 0 aliphatic heterocycles. The highest BCUT2D eigenvalue weighted by molar-refractivity contribution is 7.18. The Balaban J connectivity index is 2.62. The molecule has 0 fully saturated rings. The van der Waals surface area contributed by atoms with Crippen LogP contribution in [0, 0.1) is 6.92 Å². The molecule has 2 aromatic heterocycles.